The molecule has 1 aromatic heterocycles. The lowest BCUT2D eigenvalue weighted by molar-refractivity contribution is 0.102. The number of hydrogen-bond donors (Lipinski definition) is 1. The lowest BCUT2D eigenvalue weighted by Crippen LogP contribution is -2.14. The number of unbranched alkanes of at least 4 members (excludes halogenated alkanes) is 1. The van der Waals surface area contributed by atoms with E-state index in [1.54, 1.807) is 37.2 Å². The van der Waals surface area contributed by atoms with Crippen molar-refractivity contribution in [2.45, 2.75) is 26.7 Å². The van der Waals surface area contributed by atoms with Crippen LogP contribution in [0.4, 0.5) is 5.69 Å². The van der Waals surface area contributed by atoms with Crippen molar-refractivity contribution >= 4 is 11.6 Å². The first-order valence-electron chi connectivity index (χ1n) is 7.67. The lowest BCUT2D eigenvalue weighted by atomic mass is 10.2. The predicted octanol–water partition coefficient (Wildman–Crippen LogP) is 3.17. The first-order valence-corrected chi connectivity index (χ1v) is 7.67. The Morgan fingerprint density at radius 3 is 2.78 bits per heavy atom. The second kappa shape index (κ2) is 7.67. The predicted molar refractivity (Wildman–Crippen MR) is 89.3 cm³/mol. The number of ether oxygens (including phenoxy) is 2. The van der Waals surface area contributed by atoms with Gasteiger partial charge >= 0.3 is 0 Å². The van der Waals surface area contributed by atoms with E-state index in [4.69, 9.17) is 9.47 Å². The SMILES string of the molecule is CCCCOc1ccc(OC)cc1NC(=O)c1cnn(C)c1C. The Balaban J connectivity index is 2.22. The molecule has 23 heavy (non-hydrogen) atoms. The van der Waals surface area contributed by atoms with Gasteiger partial charge in [-0.3, -0.25) is 9.48 Å². The molecule has 124 valence electrons. The summed E-state index contributed by atoms with van der Waals surface area (Å²) in [5.41, 5.74) is 1.93. The van der Waals surface area contributed by atoms with Crippen LogP contribution < -0.4 is 14.8 Å². The van der Waals surface area contributed by atoms with E-state index < -0.39 is 0 Å². The Morgan fingerprint density at radius 1 is 1.39 bits per heavy atom. The number of anilines is 1. The van der Waals surface area contributed by atoms with E-state index in [1.165, 1.54) is 0 Å². The fourth-order valence-corrected chi connectivity index (χ4v) is 2.10. The minimum atomic E-state index is -0.218. The number of aromatic nitrogens is 2. The largest absolute Gasteiger partial charge is 0.497 e. The number of amides is 1. The Labute approximate surface area is 136 Å². The molecule has 0 saturated heterocycles. The van der Waals surface area contributed by atoms with E-state index in [9.17, 15) is 4.79 Å². The molecule has 0 atom stereocenters. The van der Waals surface area contributed by atoms with Crippen molar-refractivity contribution in [1.82, 2.24) is 9.78 Å². The van der Waals surface area contributed by atoms with Gasteiger partial charge in [0.15, 0.2) is 0 Å². The first kappa shape index (κ1) is 16.9. The molecule has 0 fully saturated rings. The molecular weight excluding hydrogens is 294 g/mol. The van der Waals surface area contributed by atoms with Crippen LogP contribution >= 0.6 is 0 Å². The van der Waals surface area contributed by atoms with Crippen LogP contribution in [0.2, 0.25) is 0 Å². The van der Waals surface area contributed by atoms with Crippen LogP contribution in [0.3, 0.4) is 0 Å². The summed E-state index contributed by atoms with van der Waals surface area (Å²) in [4.78, 5) is 12.5. The van der Waals surface area contributed by atoms with E-state index in [0.29, 0.717) is 29.4 Å². The van der Waals surface area contributed by atoms with Crippen molar-refractivity contribution in [3.63, 3.8) is 0 Å². The lowest BCUT2D eigenvalue weighted by Gasteiger charge is -2.13. The monoisotopic (exact) mass is 317 g/mol. The summed E-state index contributed by atoms with van der Waals surface area (Å²) in [6.45, 7) is 4.56. The maximum Gasteiger partial charge on any atom is 0.259 e. The van der Waals surface area contributed by atoms with Crippen LogP contribution in [0.15, 0.2) is 24.4 Å². The van der Waals surface area contributed by atoms with Crippen LogP contribution in [0, 0.1) is 6.92 Å². The minimum Gasteiger partial charge on any atom is -0.497 e. The summed E-state index contributed by atoms with van der Waals surface area (Å²) >= 11 is 0. The Bertz CT molecular complexity index is 680. The summed E-state index contributed by atoms with van der Waals surface area (Å²) in [5.74, 6) is 1.07. The molecule has 6 heteroatoms. The highest BCUT2D eigenvalue weighted by Crippen LogP contribution is 2.30. The average Bonchev–Trinajstić information content (AvgIpc) is 2.88. The molecule has 0 radical (unpaired) electrons. The van der Waals surface area contributed by atoms with Gasteiger partial charge in [0, 0.05) is 18.8 Å². The first-order chi connectivity index (χ1) is 11.1. The molecule has 0 aliphatic rings. The van der Waals surface area contributed by atoms with Gasteiger partial charge in [-0.2, -0.15) is 5.10 Å². The summed E-state index contributed by atoms with van der Waals surface area (Å²) < 4.78 is 12.7. The van der Waals surface area contributed by atoms with Crippen molar-refractivity contribution in [2.24, 2.45) is 7.05 Å². The van der Waals surface area contributed by atoms with Gasteiger partial charge in [-0.25, -0.2) is 0 Å². The van der Waals surface area contributed by atoms with Crippen LogP contribution in [0.25, 0.3) is 0 Å². The number of methoxy groups -OCH3 is 1. The molecule has 2 aromatic rings. The molecular formula is C17H23N3O3. The van der Waals surface area contributed by atoms with Crippen LogP contribution in [0.1, 0.15) is 35.8 Å². The smallest absolute Gasteiger partial charge is 0.259 e. The van der Waals surface area contributed by atoms with Crippen molar-refractivity contribution < 1.29 is 14.3 Å². The number of hydrogen-bond acceptors (Lipinski definition) is 4. The van der Waals surface area contributed by atoms with Gasteiger partial charge in [0.2, 0.25) is 0 Å². The Morgan fingerprint density at radius 2 is 2.17 bits per heavy atom. The number of carbonyl (C=O) groups is 1. The molecule has 0 bridgehead atoms. The van der Waals surface area contributed by atoms with Gasteiger partial charge in [-0.1, -0.05) is 13.3 Å². The molecule has 1 N–H and O–H groups in total. The van der Waals surface area contributed by atoms with Gasteiger partial charge in [-0.15, -0.1) is 0 Å². The van der Waals surface area contributed by atoms with Crippen molar-refractivity contribution in [2.75, 3.05) is 19.0 Å². The van der Waals surface area contributed by atoms with Gasteiger partial charge in [0.05, 0.1) is 31.2 Å². The maximum absolute atomic E-state index is 12.5. The average molecular weight is 317 g/mol. The zero-order chi connectivity index (χ0) is 16.8. The number of carbonyl (C=O) groups excluding carboxylic acids is 1. The normalized spacial score (nSPS) is 10.4. The quantitative estimate of drug-likeness (QED) is 0.797. The molecule has 2 rings (SSSR count). The molecule has 1 aromatic carbocycles. The highest BCUT2D eigenvalue weighted by atomic mass is 16.5. The van der Waals surface area contributed by atoms with Gasteiger partial charge in [0.1, 0.15) is 11.5 Å². The maximum atomic E-state index is 12.5. The number of benzene rings is 1. The van der Waals surface area contributed by atoms with Crippen molar-refractivity contribution in [3.8, 4) is 11.5 Å². The van der Waals surface area contributed by atoms with Crippen molar-refractivity contribution in [1.29, 1.82) is 0 Å². The minimum absolute atomic E-state index is 0.218. The van der Waals surface area contributed by atoms with Crippen LogP contribution in [0.5, 0.6) is 11.5 Å². The highest BCUT2D eigenvalue weighted by molar-refractivity contribution is 6.05. The molecule has 0 saturated carbocycles. The van der Waals surface area contributed by atoms with E-state index in [-0.39, 0.29) is 5.91 Å². The van der Waals surface area contributed by atoms with Crippen LogP contribution in [-0.4, -0.2) is 29.4 Å². The fourth-order valence-electron chi connectivity index (χ4n) is 2.10. The second-order valence-corrected chi connectivity index (χ2v) is 5.29. The standard InChI is InChI=1S/C17H23N3O3/c1-5-6-9-23-16-8-7-13(22-4)10-15(16)19-17(21)14-11-18-20(3)12(14)2/h7-8,10-11H,5-6,9H2,1-4H3,(H,19,21). The third-order valence-corrected chi connectivity index (χ3v) is 3.67. The Hall–Kier alpha value is -2.50. The molecule has 1 amide bonds. The zero-order valence-corrected chi connectivity index (χ0v) is 14.0. The van der Waals surface area contributed by atoms with E-state index >= 15 is 0 Å². The van der Waals surface area contributed by atoms with E-state index in [1.807, 2.05) is 13.0 Å². The molecule has 1 heterocycles. The molecule has 0 spiro atoms. The summed E-state index contributed by atoms with van der Waals surface area (Å²) in [6.07, 6.45) is 3.57. The molecule has 0 aliphatic carbocycles. The number of rotatable bonds is 7. The number of nitrogens with one attached hydrogen (secondary N) is 1. The van der Waals surface area contributed by atoms with E-state index in [0.717, 1.165) is 18.5 Å². The summed E-state index contributed by atoms with van der Waals surface area (Å²) in [6, 6.07) is 5.37. The topological polar surface area (TPSA) is 65.4 Å². The molecule has 6 nitrogen and oxygen atoms in total. The van der Waals surface area contributed by atoms with Crippen LogP contribution in [-0.2, 0) is 7.05 Å². The number of nitrogens with zero attached hydrogens (tertiary/aromatic N) is 2. The fraction of sp³-hybridized carbons (Fsp3) is 0.412. The molecule has 0 aliphatic heterocycles. The Kier molecular flexibility index (Phi) is 5.62. The van der Waals surface area contributed by atoms with E-state index in [2.05, 4.69) is 17.3 Å². The summed E-state index contributed by atoms with van der Waals surface area (Å²) in [7, 11) is 3.39. The van der Waals surface area contributed by atoms with Crippen molar-refractivity contribution in [3.05, 3.63) is 35.7 Å². The zero-order valence-electron chi connectivity index (χ0n) is 14.0. The number of aryl methyl sites for hydroxylation is 1. The third kappa shape index (κ3) is 4.03. The third-order valence-electron chi connectivity index (χ3n) is 3.67. The molecule has 0 unspecified atom stereocenters. The summed E-state index contributed by atoms with van der Waals surface area (Å²) in [5, 5.41) is 6.98. The van der Waals surface area contributed by atoms with Gasteiger partial charge in [-0.05, 0) is 25.5 Å². The van der Waals surface area contributed by atoms with Gasteiger partial charge in [0.25, 0.3) is 5.91 Å². The highest BCUT2D eigenvalue weighted by Gasteiger charge is 2.15. The second-order valence-electron chi connectivity index (χ2n) is 5.29. The van der Waals surface area contributed by atoms with Gasteiger partial charge < -0.3 is 14.8 Å².